The summed E-state index contributed by atoms with van der Waals surface area (Å²) in [5.74, 6) is -3.30. The number of anilines is 2. The fourth-order valence-electron chi connectivity index (χ4n) is 5.37. The van der Waals surface area contributed by atoms with Crippen molar-refractivity contribution in [3.8, 4) is 6.07 Å². The lowest BCUT2D eigenvalue weighted by atomic mass is 9.92. The van der Waals surface area contributed by atoms with Gasteiger partial charge in [0.15, 0.2) is 5.65 Å². The number of aromatic nitrogens is 3. The van der Waals surface area contributed by atoms with Crippen molar-refractivity contribution >= 4 is 22.7 Å². The van der Waals surface area contributed by atoms with Crippen molar-refractivity contribution in [1.82, 2.24) is 19.9 Å². The van der Waals surface area contributed by atoms with Crippen molar-refractivity contribution < 1.29 is 18.3 Å². The average molecular weight is 568 g/mol. The molecule has 8 nitrogen and oxygen atoms in total. The maximum atomic E-state index is 15.3. The summed E-state index contributed by atoms with van der Waals surface area (Å²) >= 11 is 0. The minimum Gasteiger partial charge on any atom is -0.384 e. The number of pyridine rings is 1. The second-order valence-electron chi connectivity index (χ2n) is 11.9. The lowest BCUT2D eigenvalue weighted by Crippen LogP contribution is -2.49. The molecule has 1 aliphatic heterocycles. The second-order valence-corrected chi connectivity index (χ2v) is 11.9. The fraction of sp³-hybridized carbons (Fsp3) is 0.533. The van der Waals surface area contributed by atoms with Gasteiger partial charge >= 0.3 is 5.92 Å². The molecule has 1 saturated carbocycles. The lowest BCUT2D eigenvalue weighted by molar-refractivity contribution is -0.170. The highest BCUT2D eigenvalue weighted by Gasteiger charge is 2.49. The van der Waals surface area contributed by atoms with Crippen LogP contribution in [-0.4, -0.2) is 62.8 Å². The van der Waals surface area contributed by atoms with E-state index in [1.54, 1.807) is 6.92 Å². The van der Waals surface area contributed by atoms with Gasteiger partial charge in [0.25, 0.3) is 0 Å². The summed E-state index contributed by atoms with van der Waals surface area (Å²) in [4.78, 5) is 18.7. The molecule has 2 aliphatic rings. The first-order chi connectivity index (χ1) is 19.3. The molecule has 5 rings (SSSR count). The van der Waals surface area contributed by atoms with Gasteiger partial charge in [-0.05, 0) is 59.6 Å². The van der Waals surface area contributed by atoms with Crippen LogP contribution in [0.2, 0.25) is 0 Å². The topological polar surface area (TPSA) is 101 Å². The highest BCUT2D eigenvalue weighted by atomic mass is 19.3. The number of alkyl halides is 2. The third-order valence-electron chi connectivity index (χ3n) is 8.23. The summed E-state index contributed by atoms with van der Waals surface area (Å²) < 4.78 is 44.9. The van der Waals surface area contributed by atoms with E-state index in [4.69, 9.17) is 4.98 Å². The molecule has 0 amide bonds. The number of nitriles is 1. The maximum Gasteiger partial charge on any atom is 0.303 e. The first kappa shape index (κ1) is 29.0. The quantitative estimate of drug-likeness (QED) is 0.391. The van der Waals surface area contributed by atoms with Gasteiger partial charge in [-0.2, -0.15) is 14.0 Å². The predicted octanol–water partition coefficient (Wildman–Crippen LogP) is 5.03. The molecule has 218 valence electrons. The van der Waals surface area contributed by atoms with Crippen molar-refractivity contribution in [2.24, 2.45) is 0 Å². The zero-order valence-corrected chi connectivity index (χ0v) is 24.1. The number of hydrogen-bond donors (Lipinski definition) is 2. The Balaban J connectivity index is 1.51. The summed E-state index contributed by atoms with van der Waals surface area (Å²) in [5, 5.41) is 23.7. The molecule has 0 radical (unpaired) electrons. The van der Waals surface area contributed by atoms with Gasteiger partial charge < -0.3 is 15.3 Å². The van der Waals surface area contributed by atoms with Crippen LogP contribution in [0, 0.1) is 24.1 Å². The minimum atomic E-state index is -3.79. The number of hydrogen-bond acceptors (Lipinski definition) is 8. The van der Waals surface area contributed by atoms with Gasteiger partial charge in [-0.3, -0.25) is 4.90 Å². The Hall–Kier alpha value is -3.49. The molecule has 0 spiro atoms. The van der Waals surface area contributed by atoms with Crippen LogP contribution >= 0.6 is 0 Å². The van der Waals surface area contributed by atoms with Crippen LogP contribution in [0.4, 0.5) is 24.8 Å². The molecule has 11 heteroatoms. The number of rotatable bonds is 8. The number of benzene rings is 1. The Morgan fingerprint density at radius 2 is 1.80 bits per heavy atom. The van der Waals surface area contributed by atoms with E-state index in [9.17, 15) is 19.1 Å². The van der Waals surface area contributed by atoms with E-state index in [0.29, 0.717) is 28.7 Å². The van der Waals surface area contributed by atoms with Gasteiger partial charge in [0.05, 0.1) is 22.4 Å². The molecule has 0 unspecified atom stereocenters. The van der Waals surface area contributed by atoms with E-state index in [-0.39, 0.29) is 12.1 Å². The van der Waals surface area contributed by atoms with Crippen molar-refractivity contribution in [3.05, 3.63) is 52.6 Å². The van der Waals surface area contributed by atoms with Gasteiger partial charge in [-0.1, -0.05) is 12.1 Å². The van der Waals surface area contributed by atoms with Crippen LogP contribution < -0.4 is 10.2 Å². The molecule has 1 aliphatic carbocycles. The van der Waals surface area contributed by atoms with Crippen LogP contribution in [0.1, 0.15) is 63.1 Å². The number of aryl methyl sites for hydroxylation is 1. The second kappa shape index (κ2) is 10.4. The molecule has 1 aromatic carbocycles. The van der Waals surface area contributed by atoms with E-state index in [1.165, 1.54) is 12.1 Å². The van der Waals surface area contributed by atoms with Gasteiger partial charge in [-0.25, -0.2) is 19.3 Å². The molecule has 3 heterocycles. The zero-order chi connectivity index (χ0) is 29.7. The van der Waals surface area contributed by atoms with Gasteiger partial charge in [-0.15, -0.1) is 0 Å². The van der Waals surface area contributed by atoms with E-state index in [1.807, 2.05) is 6.07 Å². The van der Waals surface area contributed by atoms with Gasteiger partial charge in [0.1, 0.15) is 28.9 Å². The SMILES string of the molecule is Cc1nc(NCc2cccc(C(F)(F)C(C)(C)O)c2F)c2cc(C3(C#N)CC3)c(N3CCN(C(C)C)CC3)nc2n1. The highest BCUT2D eigenvalue weighted by molar-refractivity contribution is 5.89. The normalized spacial score (nSPS) is 17.6. The third kappa shape index (κ3) is 5.31. The Bertz CT molecular complexity index is 1500. The highest BCUT2D eigenvalue weighted by Crippen LogP contribution is 2.51. The number of piperazine rings is 1. The van der Waals surface area contributed by atoms with E-state index in [0.717, 1.165) is 70.3 Å². The Morgan fingerprint density at radius 1 is 1.12 bits per heavy atom. The Kier molecular flexibility index (Phi) is 7.37. The van der Waals surface area contributed by atoms with Crippen LogP contribution in [0.3, 0.4) is 0 Å². The molecular weight excluding hydrogens is 531 g/mol. The summed E-state index contributed by atoms with van der Waals surface area (Å²) in [6.07, 6.45) is 1.47. The molecule has 3 aromatic rings. The van der Waals surface area contributed by atoms with E-state index < -0.39 is 28.3 Å². The molecular formula is C30H36F3N7O. The summed E-state index contributed by atoms with van der Waals surface area (Å²) in [6, 6.07) is 8.59. The van der Waals surface area contributed by atoms with Crippen LogP contribution in [0.25, 0.3) is 11.0 Å². The molecule has 0 bridgehead atoms. The monoisotopic (exact) mass is 567 g/mol. The number of aliphatic hydroxyl groups is 1. The zero-order valence-electron chi connectivity index (χ0n) is 24.1. The van der Waals surface area contributed by atoms with Crippen LogP contribution in [0.15, 0.2) is 24.3 Å². The Morgan fingerprint density at radius 3 is 2.39 bits per heavy atom. The standard InChI is InChI=1S/C30H36F3N7O/c1-18(2)39-11-13-40(14-12-39)27-23(29(17-34)9-10-29)15-21-25(36-19(3)37-26(21)38-27)35-16-20-7-6-8-22(24(20)31)30(32,33)28(4,5)41/h6-8,15,18,41H,9-14,16H2,1-5H3,(H,35,36,37,38). The fourth-order valence-corrected chi connectivity index (χ4v) is 5.37. The lowest BCUT2D eigenvalue weighted by Gasteiger charge is -2.38. The number of fused-ring (bicyclic) bond motifs is 1. The van der Waals surface area contributed by atoms with Crippen LogP contribution in [0.5, 0.6) is 0 Å². The molecule has 41 heavy (non-hydrogen) atoms. The number of nitrogens with one attached hydrogen (secondary N) is 1. The van der Waals surface area contributed by atoms with E-state index >= 15 is 4.39 Å². The van der Waals surface area contributed by atoms with Crippen molar-refractivity contribution in [2.45, 2.75) is 77.0 Å². The summed E-state index contributed by atoms with van der Waals surface area (Å²) in [6.45, 7) is 11.2. The van der Waals surface area contributed by atoms with Gasteiger partial charge in [0, 0.05) is 49.9 Å². The molecule has 1 saturated heterocycles. The average Bonchev–Trinajstić information content (AvgIpc) is 3.72. The number of halogens is 3. The maximum absolute atomic E-state index is 15.3. The molecule has 2 aromatic heterocycles. The Labute approximate surface area is 238 Å². The molecule has 0 atom stereocenters. The minimum absolute atomic E-state index is 0.000598. The van der Waals surface area contributed by atoms with Crippen LogP contribution in [-0.2, 0) is 17.9 Å². The predicted molar refractivity (Wildman–Crippen MR) is 151 cm³/mol. The first-order valence-electron chi connectivity index (χ1n) is 14.0. The van der Waals surface area contributed by atoms with Crippen molar-refractivity contribution in [3.63, 3.8) is 0 Å². The number of nitrogens with zero attached hydrogens (tertiary/aromatic N) is 6. The molecule has 2 fully saturated rings. The van der Waals surface area contributed by atoms with E-state index in [2.05, 4.69) is 45.0 Å². The first-order valence-corrected chi connectivity index (χ1v) is 14.0. The largest absolute Gasteiger partial charge is 0.384 e. The third-order valence-corrected chi connectivity index (χ3v) is 8.23. The molecule has 2 N–H and O–H groups in total. The van der Waals surface area contributed by atoms with Gasteiger partial charge in [0.2, 0.25) is 0 Å². The van der Waals surface area contributed by atoms with Crippen molar-refractivity contribution in [2.75, 3.05) is 36.4 Å². The summed E-state index contributed by atoms with van der Waals surface area (Å²) in [7, 11) is 0. The smallest absolute Gasteiger partial charge is 0.303 e. The van der Waals surface area contributed by atoms with Crippen molar-refractivity contribution in [1.29, 1.82) is 5.26 Å². The summed E-state index contributed by atoms with van der Waals surface area (Å²) in [5.41, 5.74) is -2.67.